The lowest BCUT2D eigenvalue weighted by atomic mass is 10.1. The summed E-state index contributed by atoms with van der Waals surface area (Å²) in [5, 5.41) is 13.9. The van der Waals surface area contributed by atoms with Gasteiger partial charge in [-0.15, -0.1) is 0 Å². The van der Waals surface area contributed by atoms with E-state index in [0.717, 1.165) is 6.07 Å². The standard InChI is InChI=1S/C10H14N2O5S/c11-18(15,16)9-4-3-8(17-9)10(14)12-5-1-2-7(13)6-12/h3-4,7,13H,1-2,5-6H2,(H2,11,15,16). The van der Waals surface area contributed by atoms with Crippen LogP contribution in [0.4, 0.5) is 0 Å². The molecule has 8 heteroatoms. The first-order valence-corrected chi connectivity index (χ1v) is 7.02. The molecule has 1 aromatic heterocycles. The number of aliphatic hydroxyl groups excluding tert-OH is 1. The smallest absolute Gasteiger partial charge is 0.289 e. The van der Waals surface area contributed by atoms with E-state index >= 15 is 0 Å². The van der Waals surface area contributed by atoms with E-state index in [0.29, 0.717) is 19.4 Å². The molecule has 7 nitrogen and oxygen atoms in total. The Kier molecular flexibility index (Phi) is 3.42. The number of nitrogens with two attached hydrogens (primary N) is 1. The van der Waals surface area contributed by atoms with Gasteiger partial charge in [0.25, 0.3) is 15.9 Å². The highest BCUT2D eigenvalue weighted by molar-refractivity contribution is 7.89. The lowest BCUT2D eigenvalue weighted by Crippen LogP contribution is -2.42. The van der Waals surface area contributed by atoms with Gasteiger partial charge in [0.15, 0.2) is 5.76 Å². The van der Waals surface area contributed by atoms with Gasteiger partial charge in [0.1, 0.15) is 0 Å². The van der Waals surface area contributed by atoms with Gasteiger partial charge in [-0.2, -0.15) is 0 Å². The number of carbonyl (C=O) groups excluding carboxylic acids is 1. The second-order valence-corrected chi connectivity index (χ2v) is 5.70. The molecule has 1 unspecified atom stereocenters. The van der Waals surface area contributed by atoms with E-state index in [1.54, 1.807) is 0 Å². The SMILES string of the molecule is NS(=O)(=O)c1ccc(C(=O)N2CCCC(O)C2)o1. The number of hydrogen-bond acceptors (Lipinski definition) is 5. The van der Waals surface area contributed by atoms with Crippen LogP contribution in [0.1, 0.15) is 23.4 Å². The zero-order valence-corrected chi connectivity index (χ0v) is 10.4. The fraction of sp³-hybridized carbons (Fsp3) is 0.500. The summed E-state index contributed by atoms with van der Waals surface area (Å²) in [4.78, 5) is 13.4. The molecule has 1 aliphatic rings. The number of aliphatic hydroxyl groups is 1. The fourth-order valence-corrected chi connectivity index (χ4v) is 2.35. The Labute approximate surface area is 104 Å². The van der Waals surface area contributed by atoms with Crippen LogP contribution in [0.2, 0.25) is 0 Å². The van der Waals surface area contributed by atoms with E-state index in [1.165, 1.54) is 11.0 Å². The molecule has 2 heterocycles. The van der Waals surface area contributed by atoms with Gasteiger partial charge in [-0.05, 0) is 25.0 Å². The Bertz CT molecular complexity index is 550. The first-order valence-electron chi connectivity index (χ1n) is 5.48. The van der Waals surface area contributed by atoms with Gasteiger partial charge in [-0.1, -0.05) is 0 Å². The largest absolute Gasteiger partial charge is 0.438 e. The predicted molar refractivity (Wildman–Crippen MR) is 61.2 cm³/mol. The van der Waals surface area contributed by atoms with Crippen LogP contribution in [0.25, 0.3) is 0 Å². The zero-order chi connectivity index (χ0) is 13.3. The number of hydrogen-bond donors (Lipinski definition) is 2. The Morgan fingerprint density at radius 3 is 2.78 bits per heavy atom. The minimum absolute atomic E-state index is 0.0897. The van der Waals surface area contributed by atoms with E-state index in [4.69, 9.17) is 9.56 Å². The molecule has 100 valence electrons. The van der Waals surface area contributed by atoms with Crippen LogP contribution >= 0.6 is 0 Å². The maximum absolute atomic E-state index is 12.0. The van der Waals surface area contributed by atoms with Gasteiger partial charge < -0.3 is 14.4 Å². The molecule has 0 saturated carbocycles. The number of nitrogens with zero attached hydrogens (tertiary/aromatic N) is 1. The summed E-state index contributed by atoms with van der Waals surface area (Å²) < 4.78 is 26.9. The van der Waals surface area contributed by atoms with E-state index in [-0.39, 0.29) is 12.3 Å². The number of β-amino-alcohol motifs (C(OH)–C–C–N with tert-alkyl or cyclic N) is 1. The number of furan rings is 1. The Morgan fingerprint density at radius 2 is 2.22 bits per heavy atom. The van der Waals surface area contributed by atoms with Gasteiger partial charge in [-0.25, -0.2) is 13.6 Å². The molecule has 0 radical (unpaired) electrons. The first-order chi connectivity index (χ1) is 8.38. The minimum Gasteiger partial charge on any atom is -0.438 e. The van der Waals surface area contributed by atoms with Crippen molar-refractivity contribution in [3.8, 4) is 0 Å². The first kappa shape index (κ1) is 13.1. The summed E-state index contributed by atoms with van der Waals surface area (Å²) in [5.74, 6) is -0.531. The third-order valence-corrected chi connectivity index (χ3v) is 3.54. The van der Waals surface area contributed by atoms with Crippen LogP contribution in [0.15, 0.2) is 21.6 Å². The third-order valence-electron chi connectivity index (χ3n) is 2.76. The molecular weight excluding hydrogens is 260 g/mol. The average molecular weight is 274 g/mol. The summed E-state index contributed by atoms with van der Waals surface area (Å²) in [6.45, 7) is 0.742. The number of primary sulfonamides is 1. The van der Waals surface area contributed by atoms with Gasteiger partial charge in [0, 0.05) is 13.1 Å². The highest BCUT2D eigenvalue weighted by Gasteiger charge is 2.26. The second kappa shape index (κ2) is 4.71. The molecule has 1 saturated heterocycles. The number of amides is 1. The summed E-state index contributed by atoms with van der Waals surface area (Å²) in [5.41, 5.74) is 0. The molecule has 1 aromatic rings. The monoisotopic (exact) mass is 274 g/mol. The average Bonchev–Trinajstić information content (AvgIpc) is 2.77. The Morgan fingerprint density at radius 1 is 1.50 bits per heavy atom. The summed E-state index contributed by atoms with van der Waals surface area (Å²) in [6, 6.07) is 2.41. The van der Waals surface area contributed by atoms with Crippen molar-refractivity contribution >= 4 is 15.9 Å². The molecule has 1 aliphatic heterocycles. The van der Waals surface area contributed by atoms with E-state index < -0.39 is 27.1 Å². The molecule has 0 spiro atoms. The number of carbonyl (C=O) groups is 1. The van der Waals surface area contributed by atoms with Crippen molar-refractivity contribution in [2.75, 3.05) is 13.1 Å². The number of piperidine rings is 1. The number of likely N-dealkylation sites (tertiary alicyclic amines) is 1. The normalized spacial score (nSPS) is 21.0. The van der Waals surface area contributed by atoms with Gasteiger partial charge in [-0.3, -0.25) is 4.79 Å². The van der Waals surface area contributed by atoms with E-state index in [9.17, 15) is 18.3 Å². The summed E-state index contributed by atoms with van der Waals surface area (Å²) in [7, 11) is -3.94. The highest BCUT2D eigenvalue weighted by atomic mass is 32.2. The topological polar surface area (TPSA) is 114 Å². The molecule has 1 fully saturated rings. The molecule has 0 bridgehead atoms. The Balaban J connectivity index is 2.16. The van der Waals surface area contributed by atoms with Crippen molar-refractivity contribution in [3.05, 3.63) is 17.9 Å². The zero-order valence-electron chi connectivity index (χ0n) is 9.57. The Hall–Kier alpha value is -1.38. The molecule has 1 atom stereocenters. The summed E-state index contributed by atoms with van der Waals surface area (Å²) in [6.07, 6.45) is 0.815. The fourth-order valence-electron chi connectivity index (χ4n) is 1.88. The maximum atomic E-state index is 12.0. The van der Waals surface area contributed by atoms with Crippen molar-refractivity contribution in [2.45, 2.75) is 24.0 Å². The van der Waals surface area contributed by atoms with Crippen LogP contribution in [-0.4, -0.2) is 43.5 Å². The van der Waals surface area contributed by atoms with Crippen molar-refractivity contribution in [3.63, 3.8) is 0 Å². The third kappa shape index (κ3) is 2.71. The van der Waals surface area contributed by atoms with Crippen LogP contribution in [0.5, 0.6) is 0 Å². The molecule has 18 heavy (non-hydrogen) atoms. The molecule has 0 aliphatic carbocycles. The molecule has 0 aromatic carbocycles. The summed E-state index contributed by atoms with van der Waals surface area (Å²) >= 11 is 0. The lowest BCUT2D eigenvalue weighted by Gasteiger charge is -2.29. The quantitative estimate of drug-likeness (QED) is 0.756. The van der Waals surface area contributed by atoms with Gasteiger partial charge in [0.05, 0.1) is 6.10 Å². The van der Waals surface area contributed by atoms with Crippen molar-refractivity contribution in [1.29, 1.82) is 0 Å². The number of sulfonamides is 1. The van der Waals surface area contributed by atoms with E-state index in [1.807, 2.05) is 0 Å². The predicted octanol–water partition coefficient (Wildman–Crippen LogP) is -0.476. The van der Waals surface area contributed by atoms with Crippen LogP contribution in [0, 0.1) is 0 Å². The van der Waals surface area contributed by atoms with Crippen LogP contribution in [0.3, 0.4) is 0 Å². The van der Waals surface area contributed by atoms with Gasteiger partial charge in [0.2, 0.25) is 5.09 Å². The molecular formula is C10H14N2O5S. The van der Waals surface area contributed by atoms with Crippen LogP contribution in [-0.2, 0) is 10.0 Å². The van der Waals surface area contributed by atoms with Crippen molar-refractivity contribution < 1.29 is 22.7 Å². The van der Waals surface area contributed by atoms with Crippen molar-refractivity contribution in [2.24, 2.45) is 5.14 Å². The second-order valence-electron chi connectivity index (χ2n) is 4.21. The highest BCUT2D eigenvalue weighted by Crippen LogP contribution is 2.17. The minimum atomic E-state index is -3.94. The molecule has 1 amide bonds. The lowest BCUT2D eigenvalue weighted by molar-refractivity contribution is 0.0444. The molecule has 2 rings (SSSR count). The maximum Gasteiger partial charge on any atom is 0.289 e. The van der Waals surface area contributed by atoms with Crippen molar-refractivity contribution in [1.82, 2.24) is 4.90 Å². The van der Waals surface area contributed by atoms with E-state index in [2.05, 4.69) is 0 Å². The molecule has 3 N–H and O–H groups in total. The van der Waals surface area contributed by atoms with Crippen LogP contribution < -0.4 is 5.14 Å². The van der Waals surface area contributed by atoms with Gasteiger partial charge >= 0.3 is 0 Å². The number of rotatable bonds is 2.